The SMILES string of the molecule is OC[C@H]1O[C@@H]2O[C@H]3[C@H](O)[C@@H](O)[C@@H](O[C@H]4[C@H](O)[C@@H](O)[C@@H](O[C@H]5[C@H](O)[C@@H](O)[C@@H](O[C@H]6[C@H](O)[C@@H](O)[C@@H](O[C@H]7[C@H](O)[C@@H](O)[C@@H](O[C@H]8[C@H](O)[C@@H](O)[C@@H](O[C@H]1[C@@H](N1CCOCC1)C2S)O[C@@H]8CO)O[C@@H]7CO)O[C@@H]6CO)O[C@@H]5CO)O[C@@H]4CO)O[C@@H]3CO. The number of aliphatic hydroxyl groups is 19. The Morgan fingerprint density at radius 3 is 0.695 bits per heavy atom. The molecule has 0 amide bonds. The van der Waals surface area contributed by atoms with Gasteiger partial charge >= 0.3 is 0 Å². The van der Waals surface area contributed by atoms with E-state index in [4.69, 9.17) is 83.7 Å². The van der Waals surface area contributed by atoms with Gasteiger partial charge in [-0.2, -0.15) is 12.6 Å². The number of hydrogen-bond donors (Lipinski definition) is 20. The van der Waals surface area contributed by atoms with Crippen LogP contribution < -0.4 is 0 Å². The second-order valence-corrected chi connectivity index (χ2v) is 21.9. The van der Waals surface area contributed by atoms with E-state index in [-0.39, 0.29) is 26.3 Å². The maximum Gasteiger partial charge on any atom is 0.187 e. The topological polar surface area (TPSA) is 526 Å². The molecule has 14 bridgehead atoms. The summed E-state index contributed by atoms with van der Waals surface area (Å²) in [6.07, 6.45) is -62.9. The molecule has 82 heavy (non-hydrogen) atoms. The Morgan fingerprint density at radius 1 is 0.268 bits per heavy atom. The van der Waals surface area contributed by atoms with Crippen LogP contribution in [-0.4, -0.2) is 389 Å². The summed E-state index contributed by atoms with van der Waals surface area (Å²) in [6.45, 7) is -6.04. The van der Waals surface area contributed by atoms with Crippen LogP contribution in [0.25, 0.3) is 0 Å². The monoisotopic (exact) mass is 1220 g/mol. The molecule has 35 nitrogen and oxygen atoms in total. The number of nitrogens with zero attached hydrogens (tertiary/aromatic N) is 1. The smallest absolute Gasteiger partial charge is 0.187 e. The van der Waals surface area contributed by atoms with Crippen LogP contribution in [0.4, 0.5) is 0 Å². The molecule has 0 radical (unpaired) electrons. The minimum Gasteiger partial charge on any atom is -0.394 e. The summed E-state index contributed by atoms with van der Waals surface area (Å²) < 4.78 is 88.0. The van der Waals surface area contributed by atoms with Gasteiger partial charge in [-0.3, -0.25) is 4.90 Å². The molecule has 19 N–H and O–H groups in total. The van der Waals surface area contributed by atoms with Gasteiger partial charge in [-0.25, -0.2) is 0 Å². The Bertz CT molecular complexity index is 1960. The lowest BCUT2D eigenvalue weighted by molar-refractivity contribution is -0.396. The normalized spacial score (nSPS) is 54.1. The van der Waals surface area contributed by atoms with E-state index < -0.39 is 260 Å². The van der Waals surface area contributed by atoms with Crippen molar-refractivity contribution in [2.45, 2.75) is 214 Å². The van der Waals surface area contributed by atoms with E-state index in [1.807, 2.05) is 4.90 Å². The first-order chi connectivity index (χ1) is 39.2. The van der Waals surface area contributed by atoms with Crippen LogP contribution in [0.15, 0.2) is 0 Å². The predicted molar refractivity (Wildman–Crippen MR) is 255 cm³/mol. The van der Waals surface area contributed by atoms with Gasteiger partial charge in [0.1, 0.15) is 159 Å². The van der Waals surface area contributed by atoms with Crippen molar-refractivity contribution in [1.29, 1.82) is 0 Å². The van der Waals surface area contributed by atoms with Crippen molar-refractivity contribution in [3.8, 4) is 0 Å². The Hall–Kier alpha value is -1.05. The van der Waals surface area contributed by atoms with Crippen LogP contribution in [0.1, 0.15) is 0 Å². The van der Waals surface area contributed by atoms with E-state index in [0.29, 0.717) is 0 Å². The lowest BCUT2D eigenvalue weighted by Gasteiger charge is -2.53. The zero-order chi connectivity index (χ0) is 59.2. The number of aliphatic hydroxyl groups excluding tert-OH is 19. The van der Waals surface area contributed by atoms with E-state index in [1.165, 1.54) is 0 Å². The third-order valence-electron chi connectivity index (χ3n) is 16.3. The summed E-state index contributed by atoms with van der Waals surface area (Å²) in [6, 6.07) is -1.00. The van der Waals surface area contributed by atoms with E-state index in [1.54, 1.807) is 0 Å². The second kappa shape index (κ2) is 28.2. The molecule has 476 valence electrons. The molecular weight excluding hydrogens is 1140 g/mol. The van der Waals surface area contributed by atoms with Crippen LogP contribution >= 0.6 is 12.6 Å². The summed E-state index contributed by atoms with van der Waals surface area (Å²) in [5, 5.41) is 210. The Morgan fingerprint density at radius 2 is 0.463 bits per heavy atom. The van der Waals surface area contributed by atoms with Crippen molar-refractivity contribution in [2.75, 3.05) is 72.6 Å². The molecule has 22 heterocycles. The average Bonchev–Trinajstić information content (AvgIpc) is 3.58. The van der Waals surface area contributed by atoms with Crippen molar-refractivity contribution in [1.82, 2.24) is 4.90 Å². The van der Waals surface area contributed by atoms with Crippen LogP contribution in [0.2, 0.25) is 0 Å². The molecule has 0 aromatic heterocycles. The first-order valence-electron chi connectivity index (χ1n) is 26.8. The fraction of sp³-hybridized carbons (Fsp3) is 1.00. The number of rotatable bonds is 8. The van der Waals surface area contributed by atoms with Crippen LogP contribution in [0.5, 0.6) is 0 Å². The standard InChI is InChI=1S/C46H77NO34S/c48-5-12-32-19(47-1-3-67-4-2-47)39(82)46(74-12)81-38-18(11-54)73-45(31(66)25(38)60)80-37-17(10-53)72-44(30(65)24(37)59)79-36-16(9-52)71-43(29(64)23(36)58)78-35-15(8-51)70-42(28(63)22(35)57)77-34-14(7-50)69-41(27(62)21(34)56)76-33-13(6-49)68-40(75-32)26(61)20(33)55/h12-46,48-66,82H,1-11H2/t12-,13-,14-,15-,16-,17-,18-,19-,20-,21-,22-,23-,24-,25-,26-,27-,28-,29-,30-,31-,32-,33-,34-,35-,36-,37-,38-,39?,40-,41-,42-,43-,44-,45-,46-/m1/s1. The number of ether oxygens (including phenoxy) is 15. The molecule has 0 aromatic carbocycles. The molecule has 22 rings (SSSR count). The number of hydrogen-bond acceptors (Lipinski definition) is 36. The van der Waals surface area contributed by atoms with Gasteiger partial charge < -0.3 is 168 Å². The van der Waals surface area contributed by atoms with Gasteiger partial charge in [0.15, 0.2) is 44.0 Å². The van der Waals surface area contributed by atoms with Gasteiger partial charge in [-0.05, 0) is 0 Å². The summed E-state index contributed by atoms with van der Waals surface area (Å²) in [5.74, 6) is 0. The number of thiol groups is 1. The first kappa shape index (κ1) is 65.4. The highest BCUT2D eigenvalue weighted by Gasteiger charge is 2.60. The second-order valence-electron chi connectivity index (χ2n) is 21.3. The Labute approximate surface area is 471 Å². The highest BCUT2D eigenvalue weighted by atomic mass is 32.1. The van der Waals surface area contributed by atoms with Crippen molar-refractivity contribution >= 4 is 12.6 Å². The average molecular weight is 1220 g/mol. The lowest BCUT2D eigenvalue weighted by Crippen LogP contribution is -2.70. The molecule has 22 fully saturated rings. The van der Waals surface area contributed by atoms with E-state index in [0.717, 1.165) is 0 Å². The summed E-state index contributed by atoms with van der Waals surface area (Å²) in [5.41, 5.74) is 0. The molecule has 0 aromatic rings. The quantitative estimate of drug-likeness (QED) is 0.100. The molecule has 35 atom stereocenters. The zero-order valence-corrected chi connectivity index (χ0v) is 44.4. The molecule has 0 aliphatic carbocycles. The third-order valence-corrected chi connectivity index (χ3v) is 16.8. The summed E-state index contributed by atoms with van der Waals surface area (Å²) in [4.78, 5) is 1.82. The van der Waals surface area contributed by atoms with Crippen LogP contribution in [-0.2, 0) is 71.1 Å². The molecular formula is C46H77NO34S. The van der Waals surface area contributed by atoms with Gasteiger partial charge in [-0.15, -0.1) is 0 Å². The molecule has 22 aliphatic heterocycles. The van der Waals surface area contributed by atoms with Crippen molar-refractivity contribution in [3.05, 3.63) is 0 Å². The lowest BCUT2D eigenvalue weighted by atomic mass is 9.94. The van der Waals surface area contributed by atoms with E-state index in [9.17, 15) is 97.0 Å². The van der Waals surface area contributed by atoms with Gasteiger partial charge in [0.25, 0.3) is 0 Å². The number of morpholine rings is 1. The predicted octanol–water partition coefficient (Wildman–Crippen LogP) is -14.0. The van der Waals surface area contributed by atoms with Crippen molar-refractivity contribution in [3.63, 3.8) is 0 Å². The minimum atomic E-state index is -2.19. The molecule has 22 saturated heterocycles. The zero-order valence-electron chi connectivity index (χ0n) is 43.5. The van der Waals surface area contributed by atoms with Crippen molar-refractivity contribution in [2.24, 2.45) is 0 Å². The summed E-state index contributed by atoms with van der Waals surface area (Å²) >= 11 is 4.85. The largest absolute Gasteiger partial charge is 0.394 e. The van der Waals surface area contributed by atoms with E-state index in [2.05, 4.69) is 0 Å². The molecule has 22 aliphatic rings. The third kappa shape index (κ3) is 12.9. The fourth-order valence-electron chi connectivity index (χ4n) is 11.7. The van der Waals surface area contributed by atoms with E-state index >= 15 is 0 Å². The molecule has 1 unspecified atom stereocenters. The highest BCUT2D eigenvalue weighted by Crippen LogP contribution is 2.40. The van der Waals surface area contributed by atoms with Crippen LogP contribution in [0.3, 0.4) is 0 Å². The van der Waals surface area contributed by atoms with Crippen LogP contribution in [0, 0.1) is 0 Å². The first-order valence-corrected chi connectivity index (χ1v) is 27.3. The van der Waals surface area contributed by atoms with Crippen molar-refractivity contribution < 1.29 is 168 Å². The summed E-state index contributed by atoms with van der Waals surface area (Å²) in [7, 11) is 0. The molecule has 36 heteroatoms. The minimum absolute atomic E-state index is 0.186. The Kier molecular flexibility index (Phi) is 22.5. The van der Waals surface area contributed by atoms with Gasteiger partial charge in [-0.1, -0.05) is 0 Å². The van der Waals surface area contributed by atoms with Gasteiger partial charge in [0, 0.05) is 13.1 Å². The maximum atomic E-state index is 11.7. The highest BCUT2D eigenvalue weighted by molar-refractivity contribution is 7.81. The molecule has 0 saturated carbocycles. The Balaban J connectivity index is 1.02. The van der Waals surface area contributed by atoms with Gasteiger partial charge in [0.2, 0.25) is 0 Å². The van der Waals surface area contributed by atoms with Gasteiger partial charge in [0.05, 0.1) is 70.8 Å². The molecule has 0 spiro atoms. The fourth-order valence-corrected chi connectivity index (χ4v) is 12.2. The maximum absolute atomic E-state index is 11.7.